The summed E-state index contributed by atoms with van der Waals surface area (Å²) in [6.07, 6.45) is -0.482. The van der Waals surface area contributed by atoms with E-state index in [4.69, 9.17) is 9.57 Å². The molecule has 2 amide bonds. The van der Waals surface area contributed by atoms with Crippen LogP contribution in [0.3, 0.4) is 0 Å². The number of nitrogens with zero attached hydrogens (tertiary/aromatic N) is 1. The maximum absolute atomic E-state index is 12.8. The summed E-state index contributed by atoms with van der Waals surface area (Å²) in [5, 5.41) is 13.0. The predicted molar refractivity (Wildman–Crippen MR) is 128 cm³/mol. The van der Waals surface area contributed by atoms with Gasteiger partial charge < -0.3 is 24.8 Å². The number of nitrogens with one attached hydrogen (secondary N) is 1. The van der Waals surface area contributed by atoms with E-state index in [9.17, 15) is 24.3 Å². The summed E-state index contributed by atoms with van der Waals surface area (Å²) in [6, 6.07) is 11.4. The SMILES string of the molecule is Cc1ccc2c(c1)C(COC(=O)ON(C)C(=O)CCC=O)c1cc(C(=O)NC(C)(C)CO)ccc1-2. The van der Waals surface area contributed by atoms with Gasteiger partial charge in [-0.15, -0.1) is 0 Å². The van der Waals surface area contributed by atoms with E-state index in [0.29, 0.717) is 11.8 Å². The Hall–Kier alpha value is -3.72. The molecule has 1 unspecified atom stereocenters. The predicted octanol–water partition coefficient (Wildman–Crippen LogP) is 3.11. The topological polar surface area (TPSA) is 122 Å². The van der Waals surface area contributed by atoms with Crippen LogP contribution in [0.4, 0.5) is 4.79 Å². The molecule has 3 rings (SSSR count). The molecule has 186 valence electrons. The van der Waals surface area contributed by atoms with Crippen molar-refractivity contribution in [3.8, 4) is 11.1 Å². The van der Waals surface area contributed by atoms with Gasteiger partial charge in [0, 0.05) is 31.4 Å². The third kappa shape index (κ3) is 6.05. The van der Waals surface area contributed by atoms with Gasteiger partial charge in [-0.25, -0.2) is 4.79 Å². The third-order valence-electron chi connectivity index (χ3n) is 5.82. The van der Waals surface area contributed by atoms with E-state index in [-0.39, 0.29) is 37.9 Å². The highest BCUT2D eigenvalue weighted by atomic mass is 16.8. The molecule has 2 N–H and O–H groups in total. The van der Waals surface area contributed by atoms with E-state index in [1.54, 1.807) is 26.0 Å². The fourth-order valence-corrected chi connectivity index (χ4v) is 3.90. The average Bonchev–Trinajstić information content (AvgIpc) is 3.12. The number of hydrogen-bond acceptors (Lipinski definition) is 7. The van der Waals surface area contributed by atoms with Crippen molar-refractivity contribution in [2.24, 2.45) is 0 Å². The van der Waals surface area contributed by atoms with E-state index in [1.807, 2.05) is 31.2 Å². The number of amides is 2. The number of aliphatic hydroxyl groups is 1. The van der Waals surface area contributed by atoms with Crippen molar-refractivity contribution in [2.75, 3.05) is 20.3 Å². The first-order valence-corrected chi connectivity index (χ1v) is 11.3. The Labute approximate surface area is 204 Å². The number of carbonyl (C=O) groups is 4. The molecular weight excluding hydrogens is 452 g/mol. The summed E-state index contributed by atoms with van der Waals surface area (Å²) in [4.78, 5) is 52.3. The van der Waals surface area contributed by atoms with Gasteiger partial charge in [-0.3, -0.25) is 9.59 Å². The van der Waals surface area contributed by atoms with Gasteiger partial charge in [-0.05, 0) is 55.2 Å². The zero-order valence-electron chi connectivity index (χ0n) is 20.3. The molecule has 0 radical (unpaired) electrons. The number of aryl methyl sites for hydroxylation is 1. The molecule has 0 spiro atoms. The summed E-state index contributed by atoms with van der Waals surface area (Å²) >= 11 is 0. The first kappa shape index (κ1) is 25.9. The van der Waals surface area contributed by atoms with Crippen LogP contribution in [0.15, 0.2) is 36.4 Å². The summed E-state index contributed by atoms with van der Waals surface area (Å²) in [6.45, 7) is 5.13. The Balaban J connectivity index is 1.81. The maximum atomic E-state index is 12.8. The van der Waals surface area contributed by atoms with Crippen molar-refractivity contribution in [1.82, 2.24) is 10.4 Å². The first-order valence-electron chi connectivity index (χ1n) is 11.3. The lowest BCUT2D eigenvalue weighted by atomic mass is 9.95. The second-order valence-electron chi connectivity index (χ2n) is 9.19. The number of carbonyl (C=O) groups excluding carboxylic acids is 4. The van der Waals surface area contributed by atoms with Crippen LogP contribution in [0.25, 0.3) is 11.1 Å². The van der Waals surface area contributed by atoms with Gasteiger partial charge in [0.25, 0.3) is 11.8 Å². The molecule has 0 heterocycles. The standard InChI is InChI=1S/C26H30N2O7/c1-16-7-9-18-19-10-8-17(24(32)27-26(2,3)15-30)13-21(19)22(20(18)12-16)14-34-25(33)35-28(4)23(31)6-5-11-29/h7-13,22,30H,5-6,14-15H2,1-4H3,(H,27,32). The molecular formula is C26H30N2O7. The van der Waals surface area contributed by atoms with Gasteiger partial charge in [0.15, 0.2) is 0 Å². The second kappa shape index (κ2) is 10.7. The smallest absolute Gasteiger partial charge is 0.432 e. The molecule has 2 aromatic carbocycles. The second-order valence-corrected chi connectivity index (χ2v) is 9.19. The number of aldehydes is 1. The highest BCUT2D eigenvalue weighted by Gasteiger charge is 2.32. The Morgan fingerprint density at radius 3 is 2.43 bits per heavy atom. The number of hydroxylamine groups is 2. The summed E-state index contributed by atoms with van der Waals surface area (Å²) in [5.41, 5.74) is 4.37. The van der Waals surface area contributed by atoms with Crippen molar-refractivity contribution >= 4 is 24.3 Å². The quantitative estimate of drug-likeness (QED) is 0.337. The number of hydrogen-bond donors (Lipinski definition) is 2. The lowest BCUT2D eigenvalue weighted by Gasteiger charge is -2.23. The van der Waals surface area contributed by atoms with E-state index in [0.717, 1.165) is 32.9 Å². The zero-order valence-corrected chi connectivity index (χ0v) is 20.3. The maximum Gasteiger partial charge on any atom is 0.533 e. The van der Waals surface area contributed by atoms with E-state index < -0.39 is 17.6 Å². The summed E-state index contributed by atoms with van der Waals surface area (Å²) in [7, 11) is 1.27. The Morgan fingerprint density at radius 1 is 1.11 bits per heavy atom. The molecule has 2 aromatic rings. The van der Waals surface area contributed by atoms with Gasteiger partial charge in [0.2, 0.25) is 0 Å². The van der Waals surface area contributed by atoms with Crippen LogP contribution in [0, 0.1) is 6.92 Å². The fourth-order valence-electron chi connectivity index (χ4n) is 3.90. The molecule has 0 fully saturated rings. The van der Waals surface area contributed by atoms with Crippen LogP contribution in [-0.2, 0) is 19.2 Å². The Kier molecular flexibility index (Phi) is 7.91. The van der Waals surface area contributed by atoms with Gasteiger partial charge in [-0.1, -0.05) is 29.8 Å². The minimum Gasteiger partial charge on any atom is -0.432 e. The van der Waals surface area contributed by atoms with E-state index in [2.05, 4.69) is 5.32 Å². The number of ether oxygens (including phenoxy) is 1. The lowest BCUT2D eigenvalue weighted by Crippen LogP contribution is -2.46. The molecule has 0 saturated carbocycles. The van der Waals surface area contributed by atoms with Gasteiger partial charge in [-0.2, -0.15) is 5.06 Å². The molecule has 0 saturated heterocycles. The zero-order chi connectivity index (χ0) is 25.8. The molecule has 9 nitrogen and oxygen atoms in total. The molecule has 9 heteroatoms. The molecule has 35 heavy (non-hydrogen) atoms. The van der Waals surface area contributed by atoms with Crippen molar-refractivity contribution < 1.29 is 33.9 Å². The highest BCUT2D eigenvalue weighted by molar-refractivity contribution is 5.96. The van der Waals surface area contributed by atoms with Crippen molar-refractivity contribution in [1.29, 1.82) is 0 Å². The van der Waals surface area contributed by atoms with Crippen LogP contribution in [-0.4, -0.2) is 60.2 Å². The lowest BCUT2D eigenvalue weighted by molar-refractivity contribution is -0.166. The van der Waals surface area contributed by atoms with Crippen molar-refractivity contribution in [2.45, 2.75) is 45.1 Å². The Morgan fingerprint density at radius 2 is 1.77 bits per heavy atom. The average molecular weight is 483 g/mol. The van der Waals surface area contributed by atoms with Crippen LogP contribution >= 0.6 is 0 Å². The molecule has 1 atom stereocenters. The van der Waals surface area contributed by atoms with Gasteiger partial charge >= 0.3 is 6.16 Å². The van der Waals surface area contributed by atoms with Gasteiger partial charge in [0.05, 0.1) is 12.1 Å². The van der Waals surface area contributed by atoms with E-state index in [1.165, 1.54) is 7.05 Å². The molecule has 0 aliphatic heterocycles. The molecule has 1 aliphatic rings. The summed E-state index contributed by atoms with van der Waals surface area (Å²) < 4.78 is 5.34. The van der Waals surface area contributed by atoms with Crippen LogP contribution in [0.2, 0.25) is 0 Å². The van der Waals surface area contributed by atoms with Gasteiger partial charge in [0.1, 0.15) is 12.9 Å². The number of benzene rings is 2. The van der Waals surface area contributed by atoms with Crippen molar-refractivity contribution in [3.05, 3.63) is 58.7 Å². The fraction of sp³-hybridized carbons (Fsp3) is 0.385. The first-order chi connectivity index (χ1) is 16.6. The number of fused-ring (bicyclic) bond motifs is 3. The monoisotopic (exact) mass is 482 g/mol. The normalized spacial score (nSPS) is 13.9. The molecule has 1 aliphatic carbocycles. The molecule has 0 aromatic heterocycles. The largest absolute Gasteiger partial charge is 0.533 e. The minimum atomic E-state index is -1.05. The summed E-state index contributed by atoms with van der Waals surface area (Å²) in [5.74, 6) is -1.20. The minimum absolute atomic E-state index is 0.0297. The van der Waals surface area contributed by atoms with Crippen LogP contribution < -0.4 is 5.32 Å². The van der Waals surface area contributed by atoms with Crippen molar-refractivity contribution in [3.63, 3.8) is 0 Å². The number of aliphatic hydroxyl groups excluding tert-OH is 1. The van der Waals surface area contributed by atoms with Crippen LogP contribution in [0.5, 0.6) is 0 Å². The molecule has 0 bridgehead atoms. The van der Waals surface area contributed by atoms with E-state index >= 15 is 0 Å². The number of rotatable bonds is 8. The van der Waals surface area contributed by atoms with Crippen LogP contribution in [0.1, 0.15) is 59.7 Å². The highest BCUT2D eigenvalue weighted by Crippen LogP contribution is 2.45. The Bertz CT molecular complexity index is 1140. The third-order valence-corrected chi connectivity index (χ3v) is 5.82.